The van der Waals surface area contributed by atoms with Gasteiger partial charge in [-0.3, -0.25) is 0 Å². The van der Waals surface area contributed by atoms with Crippen LogP contribution in [-0.4, -0.2) is 12.2 Å². The lowest BCUT2D eigenvalue weighted by atomic mass is 9.73. The first-order valence-corrected chi connectivity index (χ1v) is 7.60. The monoisotopic (exact) mass is 281 g/mol. The average molecular weight is 282 g/mol. The van der Waals surface area contributed by atoms with Gasteiger partial charge in [-0.05, 0) is 43.4 Å². The number of ether oxygens (including phenoxy) is 1. The van der Waals surface area contributed by atoms with Gasteiger partial charge in [0.2, 0.25) is 0 Å². The number of hydrogen-bond acceptors (Lipinski definition) is 2. The molecule has 1 aromatic rings. The highest BCUT2D eigenvalue weighted by Crippen LogP contribution is 2.42. The van der Waals surface area contributed by atoms with E-state index in [0.29, 0.717) is 12.5 Å². The number of hydrogen-bond donors (Lipinski definition) is 1. The smallest absolute Gasteiger partial charge is 0.0876 e. The first-order chi connectivity index (χ1) is 9.07. The molecule has 3 heteroatoms. The van der Waals surface area contributed by atoms with Crippen LogP contribution in [0.3, 0.4) is 0 Å². The third-order valence-electron chi connectivity index (χ3n) is 4.22. The van der Waals surface area contributed by atoms with E-state index in [1.165, 1.54) is 12.8 Å². The molecule has 2 nitrogen and oxygen atoms in total. The minimum Gasteiger partial charge on any atom is -0.373 e. The Labute approximate surface area is 121 Å². The summed E-state index contributed by atoms with van der Waals surface area (Å²) in [4.78, 5) is 0. The van der Waals surface area contributed by atoms with Crippen LogP contribution in [0.2, 0.25) is 5.02 Å². The lowest BCUT2D eigenvalue weighted by Crippen LogP contribution is -2.47. The molecule has 1 aliphatic carbocycles. The summed E-state index contributed by atoms with van der Waals surface area (Å²) < 4.78 is 6.13. The second-order valence-corrected chi connectivity index (χ2v) is 6.16. The predicted octanol–water partition coefficient (Wildman–Crippen LogP) is 4.33. The topological polar surface area (TPSA) is 35.2 Å². The molecular weight excluding hydrogens is 258 g/mol. The second kappa shape index (κ2) is 6.25. The molecule has 1 saturated carbocycles. The highest BCUT2D eigenvalue weighted by atomic mass is 35.5. The van der Waals surface area contributed by atoms with Crippen molar-refractivity contribution in [2.45, 2.75) is 51.2 Å². The van der Waals surface area contributed by atoms with Gasteiger partial charge in [0.1, 0.15) is 0 Å². The second-order valence-electron chi connectivity index (χ2n) is 5.73. The molecule has 0 aromatic heterocycles. The van der Waals surface area contributed by atoms with Crippen molar-refractivity contribution in [3.63, 3.8) is 0 Å². The largest absolute Gasteiger partial charge is 0.373 e. The van der Waals surface area contributed by atoms with Crippen LogP contribution in [-0.2, 0) is 4.74 Å². The molecule has 3 atom stereocenters. The number of halogens is 1. The van der Waals surface area contributed by atoms with Crippen LogP contribution in [0, 0.1) is 5.92 Å². The number of rotatable bonds is 4. The summed E-state index contributed by atoms with van der Waals surface area (Å²) in [5, 5.41) is 0.749. The maximum atomic E-state index is 6.54. The number of benzene rings is 1. The summed E-state index contributed by atoms with van der Waals surface area (Å²) >= 11 is 5.95. The van der Waals surface area contributed by atoms with Gasteiger partial charge in [-0.15, -0.1) is 0 Å². The van der Waals surface area contributed by atoms with Gasteiger partial charge in [-0.1, -0.05) is 43.5 Å². The quantitative estimate of drug-likeness (QED) is 0.892. The van der Waals surface area contributed by atoms with E-state index in [0.717, 1.165) is 23.4 Å². The Morgan fingerprint density at radius 3 is 2.68 bits per heavy atom. The molecule has 0 bridgehead atoms. The Morgan fingerprint density at radius 1 is 1.42 bits per heavy atom. The van der Waals surface area contributed by atoms with Crippen molar-refractivity contribution in [1.29, 1.82) is 0 Å². The molecule has 2 N–H and O–H groups in total. The summed E-state index contributed by atoms with van der Waals surface area (Å²) in [6, 6.07) is 7.78. The van der Waals surface area contributed by atoms with Gasteiger partial charge in [0.15, 0.2) is 0 Å². The van der Waals surface area contributed by atoms with Crippen molar-refractivity contribution in [3.05, 3.63) is 34.9 Å². The Morgan fingerprint density at radius 2 is 2.11 bits per heavy atom. The van der Waals surface area contributed by atoms with Crippen molar-refractivity contribution in [2.75, 3.05) is 6.61 Å². The fourth-order valence-electron chi connectivity index (χ4n) is 3.31. The van der Waals surface area contributed by atoms with E-state index in [9.17, 15) is 0 Å². The molecule has 0 saturated heterocycles. The average Bonchev–Trinajstić information content (AvgIpc) is 2.39. The molecule has 0 spiro atoms. The van der Waals surface area contributed by atoms with E-state index in [4.69, 9.17) is 22.1 Å². The fourth-order valence-corrected chi connectivity index (χ4v) is 3.43. The van der Waals surface area contributed by atoms with Crippen LogP contribution in [0.4, 0.5) is 0 Å². The van der Waals surface area contributed by atoms with Crippen molar-refractivity contribution in [2.24, 2.45) is 11.7 Å². The van der Waals surface area contributed by atoms with E-state index in [1.807, 2.05) is 24.3 Å². The summed E-state index contributed by atoms with van der Waals surface area (Å²) in [7, 11) is 0. The molecule has 1 aliphatic rings. The Hall–Kier alpha value is -0.570. The van der Waals surface area contributed by atoms with E-state index in [-0.39, 0.29) is 11.6 Å². The summed E-state index contributed by atoms with van der Waals surface area (Å²) in [5.41, 5.74) is 7.44. The van der Waals surface area contributed by atoms with Crippen LogP contribution in [0.5, 0.6) is 0 Å². The zero-order valence-corrected chi connectivity index (χ0v) is 12.6. The summed E-state index contributed by atoms with van der Waals surface area (Å²) in [5.74, 6) is 0.679. The molecule has 1 fully saturated rings. The minimum atomic E-state index is -0.208. The zero-order chi connectivity index (χ0) is 13.9. The molecular formula is C16H24ClNO. The van der Waals surface area contributed by atoms with Crippen LogP contribution in [0.25, 0.3) is 0 Å². The normalized spacial score (nSPS) is 29.2. The van der Waals surface area contributed by atoms with E-state index in [1.54, 1.807) is 0 Å². The summed E-state index contributed by atoms with van der Waals surface area (Å²) in [6.45, 7) is 5.06. The SMILES string of the molecule is CCOC1(C(N)c2ccc(Cl)cc2)CCCC(C)C1. The highest BCUT2D eigenvalue weighted by Gasteiger charge is 2.41. The van der Waals surface area contributed by atoms with Crippen molar-refractivity contribution >= 4 is 11.6 Å². The van der Waals surface area contributed by atoms with Gasteiger partial charge in [0.25, 0.3) is 0 Å². The third kappa shape index (κ3) is 3.31. The standard InChI is InChI=1S/C16H24ClNO/c1-3-19-16(10-4-5-12(2)11-16)15(18)13-6-8-14(17)9-7-13/h6-9,12,15H,3-5,10-11,18H2,1-2H3. The Balaban J connectivity index is 2.24. The van der Waals surface area contributed by atoms with Gasteiger partial charge in [-0.25, -0.2) is 0 Å². The highest BCUT2D eigenvalue weighted by molar-refractivity contribution is 6.30. The lowest BCUT2D eigenvalue weighted by molar-refractivity contribution is -0.0938. The summed E-state index contributed by atoms with van der Waals surface area (Å²) in [6.07, 6.45) is 4.57. The molecule has 19 heavy (non-hydrogen) atoms. The van der Waals surface area contributed by atoms with Crippen molar-refractivity contribution < 1.29 is 4.74 Å². The van der Waals surface area contributed by atoms with Gasteiger partial charge in [0.05, 0.1) is 11.6 Å². The van der Waals surface area contributed by atoms with Crippen molar-refractivity contribution in [1.82, 2.24) is 0 Å². The van der Waals surface area contributed by atoms with Gasteiger partial charge in [-0.2, -0.15) is 0 Å². The van der Waals surface area contributed by atoms with E-state index >= 15 is 0 Å². The molecule has 106 valence electrons. The van der Waals surface area contributed by atoms with Crippen molar-refractivity contribution in [3.8, 4) is 0 Å². The first kappa shape index (κ1) is 14.8. The molecule has 1 aromatic carbocycles. The molecule has 0 heterocycles. The Kier molecular flexibility index (Phi) is 4.88. The molecule has 3 unspecified atom stereocenters. The van der Waals surface area contributed by atoms with Gasteiger partial charge >= 0.3 is 0 Å². The molecule has 2 rings (SSSR count). The third-order valence-corrected chi connectivity index (χ3v) is 4.47. The van der Waals surface area contributed by atoms with Crippen LogP contribution >= 0.6 is 11.6 Å². The first-order valence-electron chi connectivity index (χ1n) is 7.22. The van der Waals surface area contributed by atoms with Crippen LogP contribution in [0.1, 0.15) is 51.1 Å². The van der Waals surface area contributed by atoms with E-state index in [2.05, 4.69) is 13.8 Å². The zero-order valence-electron chi connectivity index (χ0n) is 11.9. The predicted molar refractivity (Wildman–Crippen MR) is 80.4 cm³/mol. The lowest BCUT2D eigenvalue weighted by Gasteiger charge is -2.44. The van der Waals surface area contributed by atoms with Crippen LogP contribution in [0.15, 0.2) is 24.3 Å². The maximum Gasteiger partial charge on any atom is 0.0876 e. The molecule has 0 aliphatic heterocycles. The minimum absolute atomic E-state index is 0.0764. The maximum absolute atomic E-state index is 6.54. The van der Waals surface area contributed by atoms with Crippen LogP contribution < -0.4 is 5.73 Å². The Bertz CT molecular complexity index is 402. The van der Waals surface area contributed by atoms with Gasteiger partial charge < -0.3 is 10.5 Å². The van der Waals surface area contributed by atoms with E-state index < -0.39 is 0 Å². The molecule has 0 amide bonds. The fraction of sp³-hybridized carbons (Fsp3) is 0.625. The van der Waals surface area contributed by atoms with Gasteiger partial charge in [0, 0.05) is 11.6 Å². The molecule has 0 radical (unpaired) electrons. The number of nitrogens with two attached hydrogens (primary N) is 1.